The van der Waals surface area contributed by atoms with Gasteiger partial charge in [-0.1, -0.05) is 6.07 Å². The van der Waals surface area contributed by atoms with Crippen LogP contribution in [-0.4, -0.2) is 11.1 Å². The normalized spacial score (nSPS) is 10.2. The smallest absolute Gasteiger partial charge is 0.337 e. The largest absolute Gasteiger partial charge is 0.478 e. The van der Waals surface area contributed by atoms with Gasteiger partial charge in [-0.25, -0.2) is 4.79 Å². The molecule has 0 aliphatic heterocycles. The molecule has 0 aliphatic rings. The number of hydrogen-bond donors (Lipinski definition) is 3. The van der Waals surface area contributed by atoms with Crippen LogP contribution >= 0.6 is 0 Å². The van der Waals surface area contributed by atoms with Gasteiger partial charge in [-0.2, -0.15) is 0 Å². The second-order valence-electron chi connectivity index (χ2n) is 4.61. The summed E-state index contributed by atoms with van der Waals surface area (Å²) in [5, 5.41) is 12.1. The van der Waals surface area contributed by atoms with E-state index in [-0.39, 0.29) is 11.3 Å². The van der Waals surface area contributed by atoms with Crippen molar-refractivity contribution < 1.29 is 9.90 Å². The first-order chi connectivity index (χ1) is 8.95. The van der Waals surface area contributed by atoms with Gasteiger partial charge < -0.3 is 16.2 Å². The van der Waals surface area contributed by atoms with E-state index in [1.807, 2.05) is 26.0 Å². The first-order valence-corrected chi connectivity index (χ1v) is 5.94. The van der Waals surface area contributed by atoms with Crippen molar-refractivity contribution in [2.24, 2.45) is 0 Å². The number of nitrogen functional groups attached to an aromatic ring is 1. The summed E-state index contributed by atoms with van der Waals surface area (Å²) in [7, 11) is 0. The zero-order valence-corrected chi connectivity index (χ0v) is 10.9. The summed E-state index contributed by atoms with van der Waals surface area (Å²) >= 11 is 0. The first kappa shape index (κ1) is 13.0. The molecule has 19 heavy (non-hydrogen) atoms. The summed E-state index contributed by atoms with van der Waals surface area (Å²) in [4.78, 5) is 10.9. The number of anilines is 3. The second-order valence-corrected chi connectivity index (χ2v) is 4.61. The van der Waals surface area contributed by atoms with Crippen molar-refractivity contribution in [1.82, 2.24) is 0 Å². The van der Waals surface area contributed by atoms with Crippen LogP contribution in [0.3, 0.4) is 0 Å². The molecule has 4 N–H and O–H groups in total. The zero-order valence-electron chi connectivity index (χ0n) is 10.9. The van der Waals surface area contributed by atoms with E-state index in [1.165, 1.54) is 6.07 Å². The summed E-state index contributed by atoms with van der Waals surface area (Å²) < 4.78 is 0. The fraction of sp³-hybridized carbons (Fsp3) is 0.133. The lowest BCUT2D eigenvalue weighted by Gasteiger charge is -2.10. The Balaban J connectivity index is 2.28. The number of aryl methyl sites for hydroxylation is 2. The van der Waals surface area contributed by atoms with Crippen molar-refractivity contribution in [3.8, 4) is 0 Å². The van der Waals surface area contributed by atoms with Gasteiger partial charge >= 0.3 is 5.97 Å². The van der Waals surface area contributed by atoms with Gasteiger partial charge in [0, 0.05) is 17.1 Å². The van der Waals surface area contributed by atoms with Gasteiger partial charge in [0.2, 0.25) is 0 Å². The Hall–Kier alpha value is -2.49. The number of benzene rings is 2. The number of carbonyl (C=O) groups is 1. The maximum atomic E-state index is 10.9. The summed E-state index contributed by atoms with van der Waals surface area (Å²) in [6.45, 7) is 4.06. The zero-order chi connectivity index (χ0) is 14.0. The van der Waals surface area contributed by atoms with Crippen LogP contribution in [0.1, 0.15) is 21.5 Å². The Kier molecular flexibility index (Phi) is 3.42. The highest BCUT2D eigenvalue weighted by atomic mass is 16.4. The number of carboxylic acid groups (broad SMARTS) is 1. The number of carboxylic acids is 1. The molecule has 0 bridgehead atoms. The van der Waals surface area contributed by atoms with Crippen LogP contribution in [0.5, 0.6) is 0 Å². The predicted molar refractivity (Wildman–Crippen MR) is 77.0 cm³/mol. The number of hydrogen-bond acceptors (Lipinski definition) is 3. The Labute approximate surface area is 111 Å². The first-order valence-electron chi connectivity index (χ1n) is 5.94. The molecule has 0 fully saturated rings. The van der Waals surface area contributed by atoms with Crippen molar-refractivity contribution in [2.75, 3.05) is 11.1 Å². The van der Waals surface area contributed by atoms with E-state index in [4.69, 9.17) is 10.8 Å². The molecule has 0 spiro atoms. The molecule has 0 aromatic heterocycles. The van der Waals surface area contributed by atoms with Crippen LogP contribution in [0.15, 0.2) is 36.4 Å². The van der Waals surface area contributed by atoms with Gasteiger partial charge in [0.15, 0.2) is 0 Å². The molecule has 2 aromatic rings. The molecule has 0 radical (unpaired) electrons. The van der Waals surface area contributed by atoms with Crippen LogP contribution < -0.4 is 11.1 Å². The van der Waals surface area contributed by atoms with Crippen molar-refractivity contribution >= 4 is 23.0 Å². The quantitative estimate of drug-likeness (QED) is 0.736. The minimum Gasteiger partial charge on any atom is -0.478 e. The Bertz CT molecular complexity index is 616. The van der Waals surface area contributed by atoms with E-state index in [2.05, 4.69) is 11.4 Å². The average molecular weight is 256 g/mol. The topological polar surface area (TPSA) is 75.3 Å². The Morgan fingerprint density at radius 3 is 2.21 bits per heavy atom. The van der Waals surface area contributed by atoms with Crippen LogP contribution in [0, 0.1) is 13.8 Å². The standard InChI is InChI=1S/C15H16N2O2/c1-9-5-10(2)7-12(6-9)17-11-3-4-13(15(18)19)14(16)8-11/h3-8,17H,16H2,1-2H3,(H,18,19). The van der Waals surface area contributed by atoms with Crippen molar-refractivity contribution in [3.63, 3.8) is 0 Å². The third-order valence-electron chi connectivity index (χ3n) is 2.79. The molecule has 0 aliphatic carbocycles. The third kappa shape index (κ3) is 3.04. The lowest BCUT2D eigenvalue weighted by atomic mass is 10.1. The van der Waals surface area contributed by atoms with Gasteiger partial charge in [-0.15, -0.1) is 0 Å². The van der Waals surface area contributed by atoms with Crippen LogP contribution in [-0.2, 0) is 0 Å². The monoisotopic (exact) mass is 256 g/mol. The van der Waals surface area contributed by atoms with Crippen molar-refractivity contribution in [2.45, 2.75) is 13.8 Å². The van der Waals surface area contributed by atoms with Crippen LogP contribution in [0.25, 0.3) is 0 Å². The molecule has 0 atom stereocenters. The maximum Gasteiger partial charge on any atom is 0.337 e. The van der Waals surface area contributed by atoms with E-state index >= 15 is 0 Å². The molecular weight excluding hydrogens is 240 g/mol. The fourth-order valence-electron chi connectivity index (χ4n) is 2.05. The van der Waals surface area contributed by atoms with Crippen LogP contribution in [0.4, 0.5) is 17.1 Å². The Morgan fingerprint density at radius 1 is 1.05 bits per heavy atom. The number of nitrogens with one attached hydrogen (secondary N) is 1. The average Bonchev–Trinajstić information content (AvgIpc) is 2.26. The molecule has 0 saturated heterocycles. The van der Waals surface area contributed by atoms with Crippen molar-refractivity contribution in [3.05, 3.63) is 53.1 Å². The highest BCUT2D eigenvalue weighted by Gasteiger charge is 2.08. The predicted octanol–water partition coefficient (Wildman–Crippen LogP) is 3.33. The van der Waals surface area contributed by atoms with Gasteiger partial charge in [-0.05, 0) is 55.3 Å². The molecule has 2 rings (SSSR count). The summed E-state index contributed by atoms with van der Waals surface area (Å²) in [5.41, 5.74) is 10.1. The van der Waals surface area contributed by atoms with E-state index in [0.29, 0.717) is 0 Å². The lowest BCUT2D eigenvalue weighted by Crippen LogP contribution is -2.03. The minimum absolute atomic E-state index is 0.117. The lowest BCUT2D eigenvalue weighted by molar-refractivity contribution is 0.0698. The van der Waals surface area contributed by atoms with E-state index in [9.17, 15) is 4.79 Å². The molecule has 0 heterocycles. The summed E-state index contributed by atoms with van der Waals surface area (Å²) in [6, 6.07) is 11.0. The molecular formula is C15H16N2O2. The van der Waals surface area contributed by atoms with E-state index < -0.39 is 5.97 Å². The number of nitrogens with two attached hydrogens (primary N) is 1. The van der Waals surface area contributed by atoms with Gasteiger partial charge in [0.1, 0.15) is 0 Å². The van der Waals surface area contributed by atoms with Crippen LogP contribution in [0.2, 0.25) is 0 Å². The molecule has 0 unspecified atom stereocenters. The minimum atomic E-state index is -1.02. The Morgan fingerprint density at radius 2 is 1.68 bits per heavy atom. The number of aromatic carboxylic acids is 1. The summed E-state index contributed by atoms with van der Waals surface area (Å²) in [6.07, 6.45) is 0. The molecule has 98 valence electrons. The molecule has 2 aromatic carbocycles. The highest BCUT2D eigenvalue weighted by Crippen LogP contribution is 2.23. The fourth-order valence-corrected chi connectivity index (χ4v) is 2.05. The maximum absolute atomic E-state index is 10.9. The molecule has 0 amide bonds. The second kappa shape index (κ2) is 5.02. The van der Waals surface area contributed by atoms with Gasteiger partial charge in [-0.3, -0.25) is 0 Å². The third-order valence-corrected chi connectivity index (χ3v) is 2.79. The molecule has 4 nitrogen and oxygen atoms in total. The molecule has 4 heteroatoms. The van der Waals surface area contributed by atoms with E-state index in [1.54, 1.807) is 12.1 Å². The summed E-state index contributed by atoms with van der Waals surface area (Å²) in [5.74, 6) is -1.02. The van der Waals surface area contributed by atoms with Crippen molar-refractivity contribution in [1.29, 1.82) is 0 Å². The molecule has 0 saturated carbocycles. The van der Waals surface area contributed by atoms with Gasteiger partial charge in [0.05, 0.1) is 5.56 Å². The number of rotatable bonds is 3. The van der Waals surface area contributed by atoms with Gasteiger partial charge in [0.25, 0.3) is 0 Å². The van der Waals surface area contributed by atoms with E-state index in [0.717, 1.165) is 22.5 Å². The SMILES string of the molecule is Cc1cc(C)cc(Nc2ccc(C(=O)O)c(N)c2)c1. The highest BCUT2D eigenvalue weighted by molar-refractivity contribution is 5.94.